The molecule has 1 aliphatic heterocycles. The number of fused-ring (bicyclic) bond motifs is 1. The van der Waals surface area contributed by atoms with Crippen LogP contribution in [0.1, 0.15) is 5.76 Å². The third kappa shape index (κ3) is 2.85. The summed E-state index contributed by atoms with van der Waals surface area (Å²) in [5, 5.41) is 0. The number of rotatable bonds is 3. The van der Waals surface area contributed by atoms with Crippen LogP contribution in [0, 0.1) is 0 Å². The summed E-state index contributed by atoms with van der Waals surface area (Å²) >= 11 is 3.18. The summed E-state index contributed by atoms with van der Waals surface area (Å²) in [4.78, 5) is 11.7. The Labute approximate surface area is 122 Å². The Hall–Kier alpha value is -2.21. The van der Waals surface area contributed by atoms with Crippen molar-refractivity contribution >= 4 is 28.0 Å². The SMILES string of the molecule is O=C(/C=C/c1ccc(Br)o1)Oc1ccc2c(c1)OCO2. The van der Waals surface area contributed by atoms with Crippen LogP contribution >= 0.6 is 15.9 Å². The number of halogens is 1. The van der Waals surface area contributed by atoms with E-state index in [0.29, 0.717) is 27.7 Å². The summed E-state index contributed by atoms with van der Waals surface area (Å²) in [6.07, 6.45) is 2.82. The molecule has 1 aromatic heterocycles. The molecular formula is C14H9BrO5. The highest BCUT2D eigenvalue weighted by molar-refractivity contribution is 9.10. The van der Waals surface area contributed by atoms with Gasteiger partial charge < -0.3 is 18.6 Å². The molecule has 0 unspecified atom stereocenters. The van der Waals surface area contributed by atoms with Gasteiger partial charge >= 0.3 is 5.97 Å². The Morgan fingerprint density at radius 2 is 2.05 bits per heavy atom. The number of esters is 1. The van der Waals surface area contributed by atoms with Gasteiger partial charge in [0.15, 0.2) is 16.2 Å². The van der Waals surface area contributed by atoms with Gasteiger partial charge in [0.1, 0.15) is 11.5 Å². The molecule has 0 radical (unpaired) electrons. The van der Waals surface area contributed by atoms with Gasteiger partial charge in [0.2, 0.25) is 6.79 Å². The monoisotopic (exact) mass is 336 g/mol. The van der Waals surface area contributed by atoms with Crippen molar-refractivity contribution in [3.63, 3.8) is 0 Å². The van der Waals surface area contributed by atoms with Gasteiger partial charge in [0.25, 0.3) is 0 Å². The highest BCUT2D eigenvalue weighted by atomic mass is 79.9. The lowest BCUT2D eigenvalue weighted by molar-refractivity contribution is -0.128. The van der Waals surface area contributed by atoms with Crippen LogP contribution in [0.5, 0.6) is 17.2 Å². The molecule has 0 amide bonds. The topological polar surface area (TPSA) is 57.9 Å². The average molecular weight is 337 g/mol. The Bertz CT molecular complexity index is 674. The van der Waals surface area contributed by atoms with E-state index in [1.165, 1.54) is 12.2 Å². The lowest BCUT2D eigenvalue weighted by atomic mass is 10.3. The molecule has 20 heavy (non-hydrogen) atoms. The van der Waals surface area contributed by atoms with Crippen LogP contribution in [0.15, 0.2) is 45.5 Å². The molecule has 0 saturated heterocycles. The zero-order chi connectivity index (χ0) is 13.9. The van der Waals surface area contributed by atoms with Crippen molar-refractivity contribution in [1.82, 2.24) is 0 Å². The first-order chi connectivity index (χ1) is 9.70. The third-order valence-corrected chi connectivity index (χ3v) is 2.97. The molecule has 0 spiro atoms. The molecule has 1 aliphatic rings. The van der Waals surface area contributed by atoms with Crippen molar-refractivity contribution in [2.45, 2.75) is 0 Å². The van der Waals surface area contributed by atoms with Crippen molar-refractivity contribution in [2.75, 3.05) is 6.79 Å². The van der Waals surface area contributed by atoms with Gasteiger partial charge in [-0.15, -0.1) is 0 Å². The van der Waals surface area contributed by atoms with Gasteiger partial charge in [-0.05, 0) is 46.3 Å². The minimum atomic E-state index is -0.503. The number of carbonyl (C=O) groups excluding carboxylic acids is 1. The van der Waals surface area contributed by atoms with E-state index in [1.807, 2.05) is 0 Å². The van der Waals surface area contributed by atoms with Crippen molar-refractivity contribution in [1.29, 1.82) is 0 Å². The Morgan fingerprint density at radius 1 is 1.20 bits per heavy atom. The predicted molar refractivity (Wildman–Crippen MR) is 73.6 cm³/mol. The molecule has 2 aromatic rings. The predicted octanol–water partition coefficient (Wildman–Crippen LogP) is 3.39. The molecule has 6 heteroatoms. The molecule has 5 nitrogen and oxygen atoms in total. The minimum Gasteiger partial charge on any atom is -0.454 e. The maximum absolute atomic E-state index is 11.7. The Balaban J connectivity index is 1.65. The molecule has 0 atom stereocenters. The standard InChI is InChI=1S/C14H9BrO5/c15-13-5-2-9(19-13)3-6-14(16)20-10-1-4-11-12(7-10)18-8-17-11/h1-7H,8H2/b6-3+. The summed E-state index contributed by atoms with van der Waals surface area (Å²) in [5.41, 5.74) is 0. The maximum atomic E-state index is 11.7. The Morgan fingerprint density at radius 3 is 2.85 bits per heavy atom. The van der Waals surface area contributed by atoms with E-state index in [1.54, 1.807) is 30.3 Å². The quantitative estimate of drug-likeness (QED) is 0.488. The van der Waals surface area contributed by atoms with Crippen molar-refractivity contribution in [3.05, 3.63) is 46.8 Å². The highest BCUT2D eigenvalue weighted by Crippen LogP contribution is 2.35. The summed E-state index contributed by atoms with van der Waals surface area (Å²) in [5.74, 6) is 1.65. The molecule has 3 rings (SSSR count). The van der Waals surface area contributed by atoms with Gasteiger partial charge in [-0.1, -0.05) is 0 Å². The first-order valence-corrected chi connectivity index (χ1v) is 6.55. The lowest BCUT2D eigenvalue weighted by Crippen LogP contribution is -2.03. The third-order valence-electron chi connectivity index (χ3n) is 2.54. The van der Waals surface area contributed by atoms with Crippen LogP contribution in [-0.2, 0) is 4.79 Å². The van der Waals surface area contributed by atoms with Crippen LogP contribution < -0.4 is 14.2 Å². The minimum absolute atomic E-state index is 0.181. The van der Waals surface area contributed by atoms with E-state index in [2.05, 4.69) is 15.9 Å². The molecule has 0 bridgehead atoms. The number of benzene rings is 1. The lowest BCUT2D eigenvalue weighted by Gasteiger charge is -2.02. The van der Waals surface area contributed by atoms with E-state index in [4.69, 9.17) is 18.6 Å². The maximum Gasteiger partial charge on any atom is 0.336 e. The van der Waals surface area contributed by atoms with Gasteiger partial charge in [-0.25, -0.2) is 4.79 Å². The van der Waals surface area contributed by atoms with Crippen LogP contribution in [0.25, 0.3) is 6.08 Å². The van der Waals surface area contributed by atoms with Crippen LogP contribution in [0.4, 0.5) is 0 Å². The first kappa shape index (κ1) is 12.8. The summed E-state index contributed by atoms with van der Waals surface area (Å²) in [7, 11) is 0. The molecule has 0 fully saturated rings. The van der Waals surface area contributed by atoms with Crippen LogP contribution in [-0.4, -0.2) is 12.8 Å². The van der Waals surface area contributed by atoms with Crippen LogP contribution in [0.3, 0.4) is 0 Å². The second kappa shape index (κ2) is 5.42. The van der Waals surface area contributed by atoms with E-state index >= 15 is 0 Å². The fourth-order valence-electron chi connectivity index (χ4n) is 1.66. The summed E-state index contributed by atoms with van der Waals surface area (Å²) in [6, 6.07) is 8.41. The molecule has 0 N–H and O–H groups in total. The number of hydrogen-bond donors (Lipinski definition) is 0. The van der Waals surface area contributed by atoms with E-state index in [-0.39, 0.29) is 6.79 Å². The Kier molecular flexibility index (Phi) is 3.47. The first-order valence-electron chi connectivity index (χ1n) is 5.75. The molecule has 1 aromatic carbocycles. The van der Waals surface area contributed by atoms with Crippen molar-refractivity contribution in [2.24, 2.45) is 0 Å². The summed E-state index contributed by atoms with van der Waals surface area (Å²) in [6.45, 7) is 0.181. The fraction of sp³-hybridized carbons (Fsp3) is 0.0714. The molecular weight excluding hydrogens is 328 g/mol. The van der Waals surface area contributed by atoms with Gasteiger partial charge in [-0.3, -0.25) is 0 Å². The fourth-order valence-corrected chi connectivity index (χ4v) is 1.98. The summed E-state index contributed by atoms with van der Waals surface area (Å²) < 4.78 is 21.4. The smallest absolute Gasteiger partial charge is 0.336 e. The second-order valence-corrected chi connectivity index (χ2v) is 4.69. The molecule has 102 valence electrons. The number of furan rings is 1. The van der Waals surface area contributed by atoms with E-state index in [9.17, 15) is 4.79 Å². The molecule has 0 aliphatic carbocycles. The van der Waals surface area contributed by atoms with E-state index in [0.717, 1.165) is 0 Å². The average Bonchev–Trinajstić information content (AvgIpc) is 3.04. The number of carbonyl (C=O) groups is 1. The number of ether oxygens (including phenoxy) is 3. The zero-order valence-electron chi connectivity index (χ0n) is 10.2. The van der Waals surface area contributed by atoms with Gasteiger partial charge in [0.05, 0.1) is 0 Å². The molecule has 2 heterocycles. The van der Waals surface area contributed by atoms with Crippen molar-refractivity contribution in [3.8, 4) is 17.2 Å². The normalized spacial score (nSPS) is 12.8. The highest BCUT2D eigenvalue weighted by Gasteiger charge is 2.14. The zero-order valence-corrected chi connectivity index (χ0v) is 11.8. The second-order valence-electron chi connectivity index (χ2n) is 3.91. The van der Waals surface area contributed by atoms with Crippen molar-refractivity contribution < 1.29 is 23.4 Å². The molecule has 0 saturated carbocycles. The van der Waals surface area contributed by atoms with Gasteiger partial charge in [-0.2, -0.15) is 0 Å². The number of hydrogen-bond acceptors (Lipinski definition) is 5. The van der Waals surface area contributed by atoms with Crippen LogP contribution in [0.2, 0.25) is 0 Å². The van der Waals surface area contributed by atoms with E-state index < -0.39 is 5.97 Å². The largest absolute Gasteiger partial charge is 0.454 e. The van der Waals surface area contributed by atoms with Gasteiger partial charge in [0, 0.05) is 12.1 Å².